The minimum Gasteiger partial charge on any atom is -0.545 e. The number of halogens is 1. The second-order valence-electron chi connectivity index (χ2n) is 2.43. The van der Waals surface area contributed by atoms with Crippen molar-refractivity contribution in [2.75, 3.05) is 0 Å². The molecule has 0 heterocycles. The van der Waals surface area contributed by atoms with Gasteiger partial charge in [-0.15, -0.1) is 0 Å². The summed E-state index contributed by atoms with van der Waals surface area (Å²) in [7, 11) is 0. The van der Waals surface area contributed by atoms with Crippen molar-refractivity contribution in [2.45, 2.75) is 32.3 Å². The number of alkyl halides is 1. The summed E-state index contributed by atoms with van der Waals surface area (Å²) < 4.78 is 0. The van der Waals surface area contributed by atoms with Crippen LogP contribution >= 0.6 is 11.6 Å². The van der Waals surface area contributed by atoms with E-state index in [1.54, 1.807) is 19.1 Å². The summed E-state index contributed by atoms with van der Waals surface area (Å²) in [6.07, 6.45) is 7.39. The first kappa shape index (κ1) is 21.2. The molecule has 0 aromatic heterocycles. The van der Waals surface area contributed by atoms with Crippen LogP contribution in [0.2, 0.25) is 0 Å². The van der Waals surface area contributed by atoms with E-state index < -0.39 is 11.5 Å². The van der Waals surface area contributed by atoms with E-state index in [1.807, 2.05) is 6.92 Å². The van der Waals surface area contributed by atoms with Crippen LogP contribution in [-0.4, -0.2) is 16.6 Å². The van der Waals surface area contributed by atoms with Gasteiger partial charge in [0.25, 0.3) is 0 Å². The minimum atomic E-state index is -1.16. The number of allylic oxidation sites excluding steroid dienone is 3. The fraction of sp³-hybridized carbons (Fsp3) is 0.500. The quantitative estimate of drug-likeness (QED) is 0.281. The third-order valence-corrected chi connectivity index (χ3v) is 1.28. The molecule has 0 aliphatic heterocycles. The van der Waals surface area contributed by atoms with Gasteiger partial charge in [-0.3, -0.25) is 0 Å². The molecule has 1 N–H and O–H groups in total. The van der Waals surface area contributed by atoms with Crippen LogP contribution in [-0.2, 0) is 4.79 Å². The average molecular weight is 259 g/mol. The summed E-state index contributed by atoms with van der Waals surface area (Å²) in [6, 6.07) is 0. The standard InChI is InChI=1S/C6H8O2.C4H9ClO.K/c1-2-3-4-5-6(7)8;1-2-3-4(5)6;/h2-5H,1H3,(H,7,8);4,6H,2-3H2,1H3;/q;;+1/p-1/b3-2+,5-4+;;. The van der Waals surface area contributed by atoms with Gasteiger partial charge in [0.15, 0.2) is 0 Å². The molecule has 82 valence electrons. The van der Waals surface area contributed by atoms with Crippen molar-refractivity contribution in [3.8, 4) is 0 Å². The van der Waals surface area contributed by atoms with Gasteiger partial charge in [-0.2, -0.15) is 0 Å². The number of carbonyl (C=O) groups excluding carboxylic acids is 1. The number of aliphatic carboxylic acids is 1. The van der Waals surface area contributed by atoms with Crippen LogP contribution in [0.3, 0.4) is 0 Å². The summed E-state index contributed by atoms with van der Waals surface area (Å²) in [5.41, 5.74) is -0.630. The maximum absolute atomic E-state index is 9.64. The molecular formula is C10H16ClKO3. The van der Waals surface area contributed by atoms with Crippen molar-refractivity contribution in [2.24, 2.45) is 0 Å². The van der Waals surface area contributed by atoms with E-state index in [2.05, 4.69) is 0 Å². The molecule has 0 aromatic rings. The SMILES string of the molecule is C/C=C/C=C/C(=O)[O-].CCCC(O)Cl.[K+]. The molecule has 1 unspecified atom stereocenters. The fourth-order valence-corrected chi connectivity index (χ4v) is 0.702. The number of aliphatic hydroxyl groups is 1. The molecular weight excluding hydrogens is 243 g/mol. The largest absolute Gasteiger partial charge is 1.00 e. The van der Waals surface area contributed by atoms with E-state index in [4.69, 9.17) is 16.7 Å². The molecule has 0 aromatic carbocycles. The summed E-state index contributed by atoms with van der Waals surface area (Å²) in [5, 5.41) is 18.0. The first-order valence-electron chi connectivity index (χ1n) is 4.37. The van der Waals surface area contributed by atoms with Crippen LogP contribution in [0.5, 0.6) is 0 Å². The molecule has 0 aliphatic carbocycles. The third-order valence-electron chi connectivity index (χ3n) is 1.06. The number of hydrogen-bond acceptors (Lipinski definition) is 3. The first-order valence-corrected chi connectivity index (χ1v) is 4.80. The number of aliphatic hydroxyl groups excluding tert-OH is 1. The molecule has 0 amide bonds. The van der Waals surface area contributed by atoms with Gasteiger partial charge in [0.2, 0.25) is 0 Å². The summed E-state index contributed by atoms with van der Waals surface area (Å²) in [6.45, 7) is 3.78. The molecule has 3 nitrogen and oxygen atoms in total. The smallest absolute Gasteiger partial charge is 0.545 e. The molecule has 0 rings (SSSR count). The van der Waals surface area contributed by atoms with Crippen molar-refractivity contribution >= 4 is 17.6 Å². The normalized spacial score (nSPS) is 11.7. The summed E-state index contributed by atoms with van der Waals surface area (Å²) >= 11 is 5.13. The Kier molecular flexibility index (Phi) is 24.3. The van der Waals surface area contributed by atoms with Gasteiger partial charge in [0.05, 0.1) is 5.97 Å². The minimum absolute atomic E-state index is 0. The van der Waals surface area contributed by atoms with Crippen molar-refractivity contribution in [3.63, 3.8) is 0 Å². The van der Waals surface area contributed by atoms with Gasteiger partial charge in [-0.25, -0.2) is 0 Å². The second-order valence-corrected chi connectivity index (χ2v) is 2.93. The van der Waals surface area contributed by atoms with E-state index in [9.17, 15) is 9.90 Å². The van der Waals surface area contributed by atoms with E-state index in [0.717, 1.165) is 12.5 Å². The Labute approximate surface area is 139 Å². The van der Waals surface area contributed by atoms with Crippen LogP contribution in [0.25, 0.3) is 0 Å². The van der Waals surface area contributed by atoms with Crippen LogP contribution in [0.15, 0.2) is 24.3 Å². The number of rotatable bonds is 4. The molecule has 1 atom stereocenters. The monoisotopic (exact) mass is 258 g/mol. The number of hydrogen-bond donors (Lipinski definition) is 1. The van der Waals surface area contributed by atoms with Crippen LogP contribution in [0.4, 0.5) is 0 Å². The molecule has 5 heteroatoms. The zero-order chi connectivity index (χ0) is 11.4. The van der Waals surface area contributed by atoms with Gasteiger partial charge >= 0.3 is 51.4 Å². The van der Waals surface area contributed by atoms with Gasteiger partial charge in [-0.1, -0.05) is 43.2 Å². The van der Waals surface area contributed by atoms with Crippen molar-refractivity contribution in [1.82, 2.24) is 0 Å². The van der Waals surface area contributed by atoms with E-state index in [1.165, 1.54) is 6.08 Å². The van der Waals surface area contributed by atoms with Crippen molar-refractivity contribution in [3.05, 3.63) is 24.3 Å². The van der Waals surface area contributed by atoms with Crippen molar-refractivity contribution in [1.29, 1.82) is 0 Å². The Balaban J connectivity index is -0.000000187. The van der Waals surface area contributed by atoms with E-state index in [0.29, 0.717) is 6.42 Å². The Hall–Kier alpha value is 0.836. The Morgan fingerprint density at radius 3 is 2.27 bits per heavy atom. The Morgan fingerprint density at radius 2 is 2.07 bits per heavy atom. The second kappa shape index (κ2) is 17.2. The molecule has 15 heavy (non-hydrogen) atoms. The van der Waals surface area contributed by atoms with Crippen LogP contribution in [0.1, 0.15) is 26.7 Å². The fourth-order valence-electron chi connectivity index (χ4n) is 0.483. The molecule has 0 radical (unpaired) electrons. The zero-order valence-corrected chi connectivity index (χ0v) is 13.3. The summed E-state index contributed by atoms with van der Waals surface area (Å²) in [4.78, 5) is 9.64. The van der Waals surface area contributed by atoms with Gasteiger partial charge in [0.1, 0.15) is 5.56 Å². The molecule has 0 saturated heterocycles. The Morgan fingerprint density at radius 1 is 1.53 bits per heavy atom. The molecule has 0 fully saturated rings. The van der Waals surface area contributed by atoms with Crippen LogP contribution < -0.4 is 56.5 Å². The van der Waals surface area contributed by atoms with Gasteiger partial charge in [-0.05, 0) is 19.4 Å². The molecule has 0 spiro atoms. The maximum Gasteiger partial charge on any atom is 1.00 e. The first-order chi connectivity index (χ1) is 6.54. The molecule has 0 saturated carbocycles. The maximum atomic E-state index is 9.64. The van der Waals surface area contributed by atoms with Gasteiger partial charge in [0, 0.05) is 0 Å². The van der Waals surface area contributed by atoms with Crippen LogP contribution in [0, 0.1) is 0 Å². The molecule has 0 bridgehead atoms. The van der Waals surface area contributed by atoms with E-state index in [-0.39, 0.29) is 51.4 Å². The Bertz CT molecular complexity index is 191. The average Bonchev–Trinajstić information content (AvgIpc) is 2.05. The van der Waals surface area contributed by atoms with E-state index >= 15 is 0 Å². The molecule has 0 aliphatic rings. The zero-order valence-electron chi connectivity index (χ0n) is 9.44. The predicted molar refractivity (Wildman–Crippen MR) is 55.7 cm³/mol. The van der Waals surface area contributed by atoms with Crippen molar-refractivity contribution < 1.29 is 66.4 Å². The summed E-state index contributed by atoms with van der Waals surface area (Å²) in [5.74, 6) is -1.16. The number of carboxylic acid groups (broad SMARTS) is 1. The predicted octanol–water partition coefficient (Wildman–Crippen LogP) is -1.78. The van der Waals surface area contributed by atoms with Gasteiger partial charge < -0.3 is 15.0 Å². The third kappa shape index (κ3) is 31.3. The number of carbonyl (C=O) groups is 1. The topological polar surface area (TPSA) is 60.4 Å². The number of carboxylic acids is 1.